The number of nitro groups is 1. The Morgan fingerprint density at radius 3 is 2.19 bits per heavy atom. The van der Waals surface area contributed by atoms with E-state index >= 15 is 0 Å². The van der Waals surface area contributed by atoms with Gasteiger partial charge in [-0.2, -0.15) is 5.10 Å². The van der Waals surface area contributed by atoms with Crippen LogP contribution in [0.15, 0.2) is 71.8 Å². The molecular weight excluding hydrogens is 500 g/mol. The van der Waals surface area contributed by atoms with Crippen LogP contribution in [0.25, 0.3) is 0 Å². The van der Waals surface area contributed by atoms with Crippen molar-refractivity contribution in [2.75, 3.05) is 5.32 Å². The van der Waals surface area contributed by atoms with Crippen molar-refractivity contribution in [2.24, 2.45) is 10.5 Å². The van der Waals surface area contributed by atoms with Gasteiger partial charge in [-0.25, -0.2) is 10.2 Å². The zero-order valence-electron chi connectivity index (χ0n) is 20.2. The maximum atomic E-state index is 12.5. The van der Waals surface area contributed by atoms with Crippen LogP contribution in [0.3, 0.4) is 0 Å². The van der Waals surface area contributed by atoms with Crippen LogP contribution in [0.1, 0.15) is 47.1 Å². The predicted molar refractivity (Wildman–Crippen MR) is 139 cm³/mol. The number of ether oxygens (including phenoxy) is 1. The molecule has 0 aliphatic carbocycles. The summed E-state index contributed by atoms with van der Waals surface area (Å²) in [5.41, 5.74) is 2.94. The van der Waals surface area contributed by atoms with Crippen LogP contribution in [0.2, 0.25) is 5.02 Å². The van der Waals surface area contributed by atoms with Gasteiger partial charge in [0.05, 0.1) is 16.7 Å². The summed E-state index contributed by atoms with van der Waals surface area (Å²) in [4.78, 5) is 47.2. The highest BCUT2D eigenvalue weighted by molar-refractivity contribution is 6.31. The zero-order chi connectivity index (χ0) is 27.2. The summed E-state index contributed by atoms with van der Waals surface area (Å²) in [7, 11) is 0. The minimum atomic E-state index is -0.741. The van der Waals surface area contributed by atoms with Crippen LogP contribution < -0.4 is 15.5 Å². The van der Waals surface area contributed by atoms with Gasteiger partial charge in [0.1, 0.15) is 5.75 Å². The second-order valence-corrected chi connectivity index (χ2v) is 9.29. The Labute approximate surface area is 217 Å². The van der Waals surface area contributed by atoms with Crippen LogP contribution in [-0.4, -0.2) is 28.9 Å². The number of nitrogens with one attached hydrogen (secondary N) is 2. The molecule has 0 radical (unpaired) electrons. The van der Waals surface area contributed by atoms with Crippen molar-refractivity contribution < 1.29 is 24.0 Å². The molecule has 190 valence electrons. The Morgan fingerprint density at radius 2 is 1.59 bits per heavy atom. The predicted octanol–water partition coefficient (Wildman–Crippen LogP) is 5.22. The third-order valence-electron chi connectivity index (χ3n) is 4.94. The molecule has 0 aliphatic rings. The molecule has 0 atom stereocenters. The third-order valence-corrected chi connectivity index (χ3v) is 5.18. The number of halogens is 1. The van der Waals surface area contributed by atoms with E-state index in [0.29, 0.717) is 21.8 Å². The van der Waals surface area contributed by atoms with Crippen LogP contribution in [0.5, 0.6) is 5.75 Å². The van der Waals surface area contributed by atoms with Crippen molar-refractivity contribution in [1.29, 1.82) is 0 Å². The zero-order valence-corrected chi connectivity index (χ0v) is 20.9. The summed E-state index contributed by atoms with van der Waals surface area (Å²) < 4.78 is 5.39. The van der Waals surface area contributed by atoms with E-state index in [1.807, 2.05) is 0 Å². The Morgan fingerprint density at radius 1 is 0.973 bits per heavy atom. The largest absolute Gasteiger partial charge is 0.422 e. The monoisotopic (exact) mass is 522 g/mol. The highest BCUT2D eigenvalue weighted by Gasteiger charge is 2.21. The first-order valence-corrected chi connectivity index (χ1v) is 11.3. The number of hydrogen-bond acceptors (Lipinski definition) is 7. The average Bonchev–Trinajstić information content (AvgIpc) is 2.85. The molecule has 11 heteroatoms. The number of esters is 1. The fourth-order valence-electron chi connectivity index (χ4n) is 2.84. The van der Waals surface area contributed by atoms with Crippen molar-refractivity contribution in [1.82, 2.24) is 5.43 Å². The van der Waals surface area contributed by atoms with E-state index < -0.39 is 22.2 Å². The molecule has 0 saturated heterocycles. The van der Waals surface area contributed by atoms with E-state index in [4.69, 9.17) is 16.3 Å². The fourth-order valence-corrected chi connectivity index (χ4v) is 3.02. The Bertz CT molecular complexity index is 1360. The quantitative estimate of drug-likeness (QED) is 0.143. The van der Waals surface area contributed by atoms with Gasteiger partial charge in [0.25, 0.3) is 11.6 Å². The smallest absolute Gasteiger partial charge is 0.343 e. The molecule has 0 unspecified atom stereocenters. The lowest BCUT2D eigenvalue weighted by Crippen LogP contribution is -2.27. The molecule has 10 nitrogen and oxygen atoms in total. The Kier molecular flexibility index (Phi) is 8.36. The molecule has 3 aromatic carbocycles. The van der Waals surface area contributed by atoms with Gasteiger partial charge in [-0.1, -0.05) is 32.4 Å². The summed E-state index contributed by atoms with van der Waals surface area (Å²) in [5.74, 6) is -1.28. The van der Waals surface area contributed by atoms with Gasteiger partial charge >= 0.3 is 5.97 Å². The number of carbonyl (C=O) groups excluding carboxylic acids is 3. The lowest BCUT2D eigenvalue weighted by Gasteiger charge is -2.17. The van der Waals surface area contributed by atoms with Gasteiger partial charge in [0, 0.05) is 39.4 Å². The van der Waals surface area contributed by atoms with Gasteiger partial charge in [0.15, 0.2) is 0 Å². The number of amides is 2. The maximum Gasteiger partial charge on any atom is 0.343 e. The molecule has 0 bridgehead atoms. The third kappa shape index (κ3) is 7.45. The molecular formula is C26H23ClN4O6. The number of carbonyl (C=O) groups is 3. The van der Waals surface area contributed by atoms with Crippen LogP contribution in [-0.2, 0) is 4.79 Å². The Balaban J connectivity index is 1.66. The van der Waals surface area contributed by atoms with E-state index in [9.17, 15) is 24.5 Å². The topological polar surface area (TPSA) is 140 Å². The van der Waals surface area contributed by atoms with Gasteiger partial charge in [-0.3, -0.25) is 19.7 Å². The molecule has 3 rings (SSSR count). The molecule has 3 aromatic rings. The average molecular weight is 523 g/mol. The molecule has 0 spiro atoms. The summed E-state index contributed by atoms with van der Waals surface area (Å²) in [5, 5.41) is 17.8. The summed E-state index contributed by atoms with van der Waals surface area (Å²) in [6.07, 6.45) is 1.26. The van der Waals surface area contributed by atoms with E-state index in [1.54, 1.807) is 45.0 Å². The summed E-state index contributed by atoms with van der Waals surface area (Å²) in [6.45, 7) is 5.39. The minimum absolute atomic E-state index is 0.110. The van der Waals surface area contributed by atoms with Gasteiger partial charge in [0.2, 0.25) is 5.91 Å². The molecule has 2 N–H and O–H groups in total. The normalized spacial score (nSPS) is 11.1. The first-order valence-electron chi connectivity index (χ1n) is 10.9. The first kappa shape index (κ1) is 27.0. The van der Waals surface area contributed by atoms with Gasteiger partial charge < -0.3 is 10.1 Å². The molecule has 0 aliphatic heterocycles. The number of benzene rings is 3. The van der Waals surface area contributed by atoms with Crippen molar-refractivity contribution in [2.45, 2.75) is 20.8 Å². The number of nitro benzene ring substituents is 1. The Hall–Kier alpha value is -4.57. The molecule has 0 heterocycles. The van der Waals surface area contributed by atoms with Crippen LogP contribution in [0.4, 0.5) is 11.4 Å². The molecule has 0 fully saturated rings. The van der Waals surface area contributed by atoms with Crippen molar-refractivity contribution in [3.8, 4) is 5.75 Å². The van der Waals surface area contributed by atoms with E-state index in [2.05, 4.69) is 15.8 Å². The number of anilines is 1. The van der Waals surface area contributed by atoms with Crippen molar-refractivity contribution in [3.05, 3.63) is 98.6 Å². The van der Waals surface area contributed by atoms with Crippen molar-refractivity contribution in [3.63, 3.8) is 0 Å². The van der Waals surface area contributed by atoms with E-state index in [1.165, 1.54) is 48.7 Å². The summed E-state index contributed by atoms with van der Waals surface area (Å²) in [6, 6.07) is 15.7. The van der Waals surface area contributed by atoms with E-state index in [-0.39, 0.29) is 22.9 Å². The molecule has 2 amide bonds. The van der Waals surface area contributed by atoms with Crippen LogP contribution >= 0.6 is 11.6 Å². The van der Waals surface area contributed by atoms with Crippen LogP contribution in [0, 0.1) is 15.5 Å². The van der Waals surface area contributed by atoms with Gasteiger partial charge in [-0.05, 0) is 54.6 Å². The standard InChI is InChI=1S/C26H23ClN4O6/c1-26(2,3)25(34)29-20-9-4-16(5-10-20)23(32)30-28-15-18-14-19(27)8-13-22(18)37-24(33)17-6-11-21(12-7-17)31(35)36/h4-15H,1-3H3,(H,29,34)(H,30,32)/b28-15+. The highest BCUT2D eigenvalue weighted by Crippen LogP contribution is 2.23. The number of rotatable bonds is 7. The fraction of sp³-hybridized carbons (Fsp3) is 0.154. The maximum absolute atomic E-state index is 12.5. The lowest BCUT2D eigenvalue weighted by atomic mass is 9.95. The molecule has 0 saturated carbocycles. The molecule has 0 aromatic heterocycles. The number of hydrogen-bond donors (Lipinski definition) is 2. The van der Waals surface area contributed by atoms with Crippen molar-refractivity contribution >= 4 is 47.0 Å². The minimum Gasteiger partial charge on any atom is -0.422 e. The number of non-ortho nitro benzene ring substituents is 1. The second kappa shape index (κ2) is 11.4. The number of hydrazone groups is 1. The lowest BCUT2D eigenvalue weighted by molar-refractivity contribution is -0.384. The highest BCUT2D eigenvalue weighted by atomic mass is 35.5. The molecule has 37 heavy (non-hydrogen) atoms. The van der Waals surface area contributed by atoms with Gasteiger partial charge in [-0.15, -0.1) is 0 Å². The SMILES string of the molecule is CC(C)(C)C(=O)Nc1ccc(C(=O)N/N=C/c2cc(Cl)ccc2OC(=O)c2ccc([N+](=O)[O-])cc2)cc1. The summed E-state index contributed by atoms with van der Waals surface area (Å²) >= 11 is 6.05. The first-order chi connectivity index (χ1) is 17.4. The second-order valence-electron chi connectivity index (χ2n) is 8.86. The van der Waals surface area contributed by atoms with E-state index in [0.717, 1.165) is 0 Å². The number of nitrogens with zero attached hydrogens (tertiary/aromatic N) is 2.